The van der Waals surface area contributed by atoms with E-state index < -0.39 is 0 Å². The van der Waals surface area contributed by atoms with E-state index in [-0.39, 0.29) is 6.61 Å². The highest BCUT2D eigenvalue weighted by molar-refractivity contribution is 5.76. The molecule has 2 aromatic heterocycles. The van der Waals surface area contributed by atoms with Gasteiger partial charge in [-0.15, -0.1) is 6.42 Å². The van der Waals surface area contributed by atoms with E-state index in [0.717, 1.165) is 16.7 Å². The minimum absolute atomic E-state index is 0.199. The Labute approximate surface area is 87.3 Å². The molecule has 0 N–H and O–H groups in total. The highest BCUT2D eigenvalue weighted by Gasteiger charge is 2.02. The van der Waals surface area contributed by atoms with Crippen molar-refractivity contribution in [1.82, 2.24) is 15.0 Å². The van der Waals surface area contributed by atoms with E-state index in [9.17, 15) is 0 Å². The fourth-order valence-corrected chi connectivity index (χ4v) is 1.25. The Kier molecular flexibility index (Phi) is 2.46. The van der Waals surface area contributed by atoms with Crippen LogP contribution in [0.4, 0.5) is 0 Å². The summed E-state index contributed by atoms with van der Waals surface area (Å²) in [5.74, 6) is 2.81. The van der Waals surface area contributed by atoms with Gasteiger partial charge in [-0.3, -0.25) is 4.98 Å². The zero-order chi connectivity index (χ0) is 10.7. The van der Waals surface area contributed by atoms with Crippen LogP contribution in [0.1, 0.15) is 5.69 Å². The standard InChI is InChI=1S/C11H9N3O/c1-3-6-15-10-7-13-11-8(2)12-5-4-9(11)14-10/h1,4-5,7H,6H2,2H3. The summed E-state index contributed by atoms with van der Waals surface area (Å²) in [4.78, 5) is 12.6. The summed E-state index contributed by atoms with van der Waals surface area (Å²) in [7, 11) is 0. The summed E-state index contributed by atoms with van der Waals surface area (Å²) >= 11 is 0. The first-order chi connectivity index (χ1) is 7.31. The SMILES string of the molecule is C#CCOc1cnc2c(C)nccc2n1. The smallest absolute Gasteiger partial charge is 0.233 e. The number of hydrogen-bond donors (Lipinski definition) is 0. The predicted octanol–water partition coefficient (Wildman–Crippen LogP) is 1.35. The number of terminal acetylenes is 1. The third-order valence-electron chi connectivity index (χ3n) is 1.92. The van der Waals surface area contributed by atoms with E-state index in [0.29, 0.717) is 5.88 Å². The molecule has 0 fully saturated rings. The van der Waals surface area contributed by atoms with Crippen LogP contribution < -0.4 is 4.74 Å². The lowest BCUT2D eigenvalue weighted by atomic mass is 10.3. The van der Waals surface area contributed by atoms with Crippen LogP contribution in [-0.2, 0) is 0 Å². The van der Waals surface area contributed by atoms with Crippen molar-refractivity contribution < 1.29 is 4.74 Å². The number of hydrogen-bond acceptors (Lipinski definition) is 4. The predicted molar refractivity (Wildman–Crippen MR) is 56.4 cm³/mol. The number of fused-ring (bicyclic) bond motifs is 1. The van der Waals surface area contributed by atoms with Crippen LogP contribution in [-0.4, -0.2) is 21.6 Å². The van der Waals surface area contributed by atoms with Crippen molar-refractivity contribution in [1.29, 1.82) is 0 Å². The third-order valence-corrected chi connectivity index (χ3v) is 1.92. The molecule has 0 aromatic carbocycles. The molecule has 2 heterocycles. The fourth-order valence-electron chi connectivity index (χ4n) is 1.25. The van der Waals surface area contributed by atoms with Crippen LogP contribution in [0, 0.1) is 19.3 Å². The highest BCUT2D eigenvalue weighted by atomic mass is 16.5. The van der Waals surface area contributed by atoms with Gasteiger partial charge in [-0.2, -0.15) is 0 Å². The molecule has 0 spiro atoms. The highest BCUT2D eigenvalue weighted by Crippen LogP contribution is 2.14. The average Bonchev–Trinajstić information content (AvgIpc) is 2.26. The fraction of sp³-hybridized carbons (Fsp3) is 0.182. The van der Waals surface area contributed by atoms with Gasteiger partial charge in [0.2, 0.25) is 5.88 Å². The second-order valence-electron chi connectivity index (χ2n) is 2.97. The van der Waals surface area contributed by atoms with Crippen molar-refractivity contribution >= 4 is 11.0 Å². The Balaban J connectivity index is 2.44. The quantitative estimate of drug-likeness (QED) is 0.685. The van der Waals surface area contributed by atoms with Gasteiger partial charge in [0.25, 0.3) is 0 Å². The summed E-state index contributed by atoms with van der Waals surface area (Å²) in [5, 5.41) is 0. The van der Waals surface area contributed by atoms with Gasteiger partial charge >= 0.3 is 0 Å². The Morgan fingerprint density at radius 3 is 3.13 bits per heavy atom. The molecule has 0 atom stereocenters. The Morgan fingerprint density at radius 2 is 2.33 bits per heavy atom. The molecular formula is C11H9N3O. The van der Waals surface area contributed by atoms with Crippen molar-refractivity contribution in [2.45, 2.75) is 6.92 Å². The summed E-state index contributed by atoms with van der Waals surface area (Å²) in [6.45, 7) is 2.09. The first-order valence-electron chi connectivity index (χ1n) is 4.46. The lowest BCUT2D eigenvalue weighted by molar-refractivity contribution is 0.355. The lowest BCUT2D eigenvalue weighted by Crippen LogP contribution is -1.98. The summed E-state index contributed by atoms with van der Waals surface area (Å²) < 4.78 is 5.17. The van der Waals surface area contributed by atoms with E-state index in [1.165, 1.54) is 0 Å². The molecule has 0 saturated heterocycles. The molecule has 0 radical (unpaired) electrons. The molecule has 0 amide bonds. The van der Waals surface area contributed by atoms with Crippen molar-refractivity contribution in [2.24, 2.45) is 0 Å². The van der Waals surface area contributed by atoms with Crippen LogP contribution in [0.3, 0.4) is 0 Å². The molecular weight excluding hydrogens is 190 g/mol. The van der Waals surface area contributed by atoms with Gasteiger partial charge in [0.15, 0.2) is 6.61 Å². The molecule has 0 unspecified atom stereocenters. The molecule has 0 saturated carbocycles. The lowest BCUT2D eigenvalue weighted by Gasteiger charge is -2.03. The number of pyridine rings is 1. The summed E-state index contributed by atoms with van der Waals surface area (Å²) in [5.41, 5.74) is 2.39. The maximum absolute atomic E-state index is 5.17. The summed E-state index contributed by atoms with van der Waals surface area (Å²) in [6, 6.07) is 1.79. The number of nitrogens with zero attached hydrogens (tertiary/aromatic N) is 3. The second kappa shape index (κ2) is 3.93. The zero-order valence-corrected chi connectivity index (χ0v) is 8.27. The van der Waals surface area contributed by atoms with E-state index in [2.05, 4.69) is 20.9 Å². The van der Waals surface area contributed by atoms with Gasteiger partial charge in [-0.1, -0.05) is 5.92 Å². The molecule has 0 bridgehead atoms. The minimum atomic E-state index is 0.199. The van der Waals surface area contributed by atoms with Gasteiger partial charge in [0.05, 0.1) is 17.4 Å². The van der Waals surface area contributed by atoms with Gasteiger partial charge in [-0.05, 0) is 13.0 Å². The van der Waals surface area contributed by atoms with Crippen molar-refractivity contribution in [3.63, 3.8) is 0 Å². The van der Waals surface area contributed by atoms with E-state index in [4.69, 9.17) is 11.2 Å². The molecule has 0 aliphatic heterocycles. The molecule has 74 valence electrons. The number of ether oxygens (including phenoxy) is 1. The van der Waals surface area contributed by atoms with Crippen molar-refractivity contribution in [3.8, 4) is 18.2 Å². The molecule has 0 aliphatic rings. The van der Waals surface area contributed by atoms with Gasteiger partial charge in [0.1, 0.15) is 5.52 Å². The van der Waals surface area contributed by atoms with Crippen LogP contribution in [0.15, 0.2) is 18.5 Å². The first kappa shape index (κ1) is 9.41. The number of aryl methyl sites for hydroxylation is 1. The maximum atomic E-state index is 5.17. The molecule has 4 heteroatoms. The molecule has 2 rings (SSSR count). The molecule has 15 heavy (non-hydrogen) atoms. The van der Waals surface area contributed by atoms with Gasteiger partial charge in [-0.25, -0.2) is 9.97 Å². The van der Waals surface area contributed by atoms with E-state index >= 15 is 0 Å². The van der Waals surface area contributed by atoms with Crippen LogP contribution in [0.25, 0.3) is 11.0 Å². The van der Waals surface area contributed by atoms with Gasteiger partial charge in [0, 0.05) is 6.20 Å². The first-order valence-corrected chi connectivity index (χ1v) is 4.46. The molecule has 2 aromatic rings. The van der Waals surface area contributed by atoms with Crippen molar-refractivity contribution in [2.75, 3.05) is 6.61 Å². The minimum Gasteiger partial charge on any atom is -0.463 e. The number of aromatic nitrogens is 3. The normalized spacial score (nSPS) is 9.87. The Bertz CT molecular complexity index is 531. The van der Waals surface area contributed by atoms with Crippen LogP contribution >= 0.6 is 0 Å². The van der Waals surface area contributed by atoms with E-state index in [1.807, 2.05) is 6.92 Å². The average molecular weight is 199 g/mol. The Morgan fingerprint density at radius 1 is 1.47 bits per heavy atom. The van der Waals surface area contributed by atoms with E-state index in [1.54, 1.807) is 18.5 Å². The van der Waals surface area contributed by atoms with Gasteiger partial charge < -0.3 is 4.74 Å². The number of rotatable bonds is 2. The Hall–Kier alpha value is -2.15. The largest absolute Gasteiger partial charge is 0.463 e. The third kappa shape index (κ3) is 1.86. The zero-order valence-electron chi connectivity index (χ0n) is 8.27. The molecule has 4 nitrogen and oxygen atoms in total. The monoisotopic (exact) mass is 199 g/mol. The second-order valence-corrected chi connectivity index (χ2v) is 2.97. The summed E-state index contributed by atoms with van der Waals surface area (Å²) in [6.07, 6.45) is 8.32. The van der Waals surface area contributed by atoms with Crippen LogP contribution in [0.2, 0.25) is 0 Å². The maximum Gasteiger partial charge on any atom is 0.233 e. The van der Waals surface area contributed by atoms with Crippen molar-refractivity contribution in [3.05, 3.63) is 24.2 Å². The topological polar surface area (TPSA) is 47.9 Å². The van der Waals surface area contributed by atoms with Crippen LogP contribution in [0.5, 0.6) is 5.88 Å². The molecule has 0 aliphatic carbocycles.